The molecule has 16 heavy (non-hydrogen) atoms. The van der Waals surface area contributed by atoms with Crippen LogP contribution in [-0.2, 0) is 0 Å². The highest BCUT2D eigenvalue weighted by molar-refractivity contribution is 7.80. The predicted molar refractivity (Wildman–Crippen MR) is 73.8 cm³/mol. The van der Waals surface area contributed by atoms with Crippen LogP contribution in [0.4, 0.5) is 0 Å². The highest BCUT2D eigenvalue weighted by Gasteiger charge is 2.19. The fraction of sp³-hybridized carbons (Fsp3) is 0.917. The van der Waals surface area contributed by atoms with Crippen LogP contribution in [0.3, 0.4) is 0 Å². The van der Waals surface area contributed by atoms with Gasteiger partial charge in [-0.3, -0.25) is 0 Å². The van der Waals surface area contributed by atoms with Crippen molar-refractivity contribution in [3.63, 3.8) is 0 Å². The van der Waals surface area contributed by atoms with Crippen molar-refractivity contribution in [2.45, 2.75) is 38.1 Å². The highest BCUT2D eigenvalue weighted by atomic mass is 32.1. The molecule has 1 aliphatic heterocycles. The predicted octanol–water partition coefficient (Wildman–Crippen LogP) is 1.47. The lowest BCUT2D eigenvalue weighted by Gasteiger charge is -2.35. The van der Waals surface area contributed by atoms with Crippen molar-refractivity contribution >= 4 is 17.2 Å². The van der Waals surface area contributed by atoms with E-state index in [9.17, 15) is 0 Å². The summed E-state index contributed by atoms with van der Waals surface area (Å²) in [5.41, 5.74) is 5.48. The molecular weight excluding hydrogens is 218 g/mol. The van der Waals surface area contributed by atoms with E-state index in [1.54, 1.807) is 0 Å². The molecule has 0 aromatic heterocycles. The van der Waals surface area contributed by atoms with Crippen LogP contribution in [0.5, 0.6) is 0 Å². The van der Waals surface area contributed by atoms with Gasteiger partial charge >= 0.3 is 0 Å². The monoisotopic (exact) mass is 243 g/mol. The molecule has 1 fully saturated rings. The van der Waals surface area contributed by atoms with Gasteiger partial charge in [-0.2, -0.15) is 0 Å². The van der Waals surface area contributed by atoms with E-state index in [4.69, 9.17) is 18.0 Å². The topological polar surface area (TPSA) is 32.5 Å². The fourth-order valence-corrected chi connectivity index (χ4v) is 2.42. The molecule has 0 aromatic carbocycles. The standard InChI is InChI=1S/C12H25N3S/c1-14-9-6-11(7-10-14)15(2)8-4-3-5-12(13)16/h11H,3-10H2,1-2H3,(H2,13,16). The number of likely N-dealkylation sites (tertiary alicyclic amines) is 1. The third-order valence-electron chi connectivity index (χ3n) is 3.50. The molecule has 0 radical (unpaired) electrons. The zero-order valence-electron chi connectivity index (χ0n) is 10.6. The minimum absolute atomic E-state index is 0.655. The van der Waals surface area contributed by atoms with Gasteiger partial charge < -0.3 is 15.5 Å². The van der Waals surface area contributed by atoms with Gasteiger partial charge in [0.1, 0.15) is 0 Å². The van der Waals surface area contributed by atoms with E-state index < -0.39 is 0 Å². The number of hydrogen-bond acceptors (Lipinski definition) is 3. The maximum Gasteiger partial charge on any atom is 0.0727 e. The zero-order chi connectivity index (χ0) is 12.0. The first-order valence-corrected chi connectivity index (χ1v) is 6.67. The minimum atomic E-state index is 0.655. The summed E-state index contributed by atoms with van der Waals surface area (Å²) >= 11 is 4.87. The molecule has 0 saturated carbocycles. The molecule has 1 heterocycles. The molecule has 0 atom stereocenters. The second-order valence-electron chi connectivity index (χ2n) is 4.94. The Balaban J connectivity index is 2.10. The summed E-state index contributed by atoms with van der Waals surface area (Å²) in [4.78, 5) is 5.57. The van der Waals surface area contributed by atoms with Crippen molar-refractivity contribution in [1.29, 1.82) is 0 Å². The van der Waals surface area contributed by atoms with Crippen LogP contribution in [0.2, 0.25) is 0 Å². The van der Waals surface area contributed by atoms with Gasteiger partial charge in [0.15, 0.2) is 0 Å². The summed E-state index contributed by atoms with van der Waals surface area (Å²) in [5.74, 6) is 0. The summed E-state index contributed by atoms with van der Waals surface area (Å²) in [6.07, 6.45) is 5.85. The second-order valence-corrected chi connectivity index (χ2v) is 5.46. The maximum atomic E-state index is 5.48. The molecule has 2 N–H and O–H groups in total. The van der Waals surface area contributed by atoms with E-state index in [0.717, 1.165) is 18.9 Å². The van der Waals surface area contributed by atoms with Crippen molar-refractivity contribution < 1.29 is 0 Å². The number of thiocarbonyl (C=S) groups is 1. The Morgan fingerprint density at radius 2 is 2.00 bits per heavy atom. The molecule has 0 unspecified atom stereocenters. The van der Waals surface area contributed by atoms with Crippen LogP contribution >= 0.6 is 12.2 Å². The smallest absolute Gasteiger partial charge is 0.0727 e. The van der Waals surface area contributed by atoms with E-state index in [-0.39, 0.29) is 0 Å². The van der Waals surface area contributed by atoms with Gasteiger partial charge in [-0.25, -0.2) is 0 Å². The van der Waals surface area contributed by atoms with Crippen LogP contribution in [0, 0.1) is 0 Å². The van der Waals surface area contributed by atoms with Crippen molar-refractivity contribution in [3.05, 3.63) is 0 Å². The van der Waals surface area contributed by atoms with Gasteiger partial charge in [-0.05, 0) is 65.8 Å². The molecule has 0 aromatic rings. The highest BCUT2D eigenvalue weighted by Crippen LogP contribution is 2.14. The lowest BCUT2D eigenvalue weighted by atomic mass is 10.0. The molecule has 1 rings (SSSR count). The number of unbranched alkanes of at least 4 members (excludes halogenated alkanes) is 1. The van der Waals surface area contributed by atoms with Gasteiger partial charge in [0.25, 0.3) is 0 Å². The van der Waals surface area contributed by atoms with Crippen molar-refractivity contribution in [2.75, 3.05) is 33.7 Å². The van der Waals surface area contributed by atoms with Gasteiger partial charge in [-0.1, -0.05) is 12.2 Å². The summed E-state index contributed by atoms with van der Waals surface area (Å²) in [6.45, 7) is 3.65. The Hall–Kier alpha value is -0.190. The normalized spacial score (nSPS) is 19.2. The number of piperidine rings is 1. The Morgan fingerprint density at radius 3 is 2.56 bits per heavy atom. The van der Waals surface area contributed by atoms with Crippen LogP contribution in [0.25, 0.3) is 0 Å². The van der Waals surface area contributed by atoms with Crippen LogP contribution in [0.15, 0.2) is 0 Å². The number of hydrogen-bond donors (Lipinski definition) is 1. The summed E-state index contributed by atoms with van der Waals surface area (Å²) in [6, 6.07) is 0.779. The molecule has 94 valence electrons. The zero-order valence-corrected chi connectivity index (χ0v) is 11.4. The molecule has 0 spiro atoms. The van der Waals surface area contributed by atoms with Crippen LogP contribution < -0.4 is 5.73 Å². The van der Waals surface area contributed by atoms with E-state index in [2.05, 4.69) is 23.9 Å². The largest absolute Gasteiger partial charge is 0.393 e. The van der Waals surface area contributed by atoms with Crippen LogP contribution in [-0.4, -0.2) is 54.6 Å². The lowest BCUT2D eigenvalue weighted by Crippen LogP contribution is -2.42. The van der Waals surface area contributed by atoms with E-state index >= 15 is 0 Å². The van der Waals surface area contributed by atoms with E-state index in [1.807, 2.05) is 0 Å². The SMILES string of the molecule is CN1CCC(N(C)CCCCC(N)=S)CC1. The average molecular weight is 243 g/mol. The van der Waals surface area contributed by atoms with Crippen molar-refractivity contribution in [1.82, 2.24) is 9.80 Å². The third-order valence-corrected chi connectivity index (χ3v) is 3.70. The lowest BCUT2D eigenvalue weighted by molar-refractivity contribution is 0.143. The molecule has 4 heteroatoms. The quantitative estimate of drug-likeness (QED) is 0.566. The summed E-state index contributed by atoms with van der Waals surface area (Å²) in [5, 5.41) is 0. The van der Waals surface area contributed by atoms with Gasteiger partial charge in [0, 0.05) is 6.04 Å². The summed E-state index contributed by atoms with van der Waals surface area (Å²) < 4.78 is 0. The van der Waals surface area contributed by atoms with Crippen molar-refractivity contribution in [3.8, 4) is 0 Å². The number of nitrogens with zero attached hydrogens (tertiary/aromatic N) is 2. The third kappa shape index (κ3) is 5.23. The first-order chi connectivity index (χ1) is 7.59. The molecule has 0 aliphatic carbocycles. The Morgan fingerprint density at radius 1 is 1.38 bits per heavy atom. The van der Waals surface area contributed by atoms with Crippen LogP contribution in [0.1, 0.15) is 32.1 Å². The average Bonchev–Trinajstić information content (AvgIpc) is 2.25. The second kappa shape index (κ2) is 7.20. The molecule has 1 aliphatic rings. The minimum Gasteiger partial charge on any atom is -0.393 e. The number of nitrogens with two attached hydrogens (primary N) is 1. The maximum absolute atomic E-state index is 5.48. The fourth-order valence-electron chi connectivity index (χ4n) is 2.28. The van der Waals surface area contributed by atoms with E-state index in [1.165, 1.54) is 38.9 Å². The Labute approximate surface area is 105 Å². The number of rotatable bonds is 6. The Bertz CT molecular complexity index is 212. The van der Waals surface area contributed by atoms with Gasteiger partial charge in [0.05, 0.1) is 4.99 Å². The van der Waals surface area contributed by atoms with Gasteiger partial charge in [-0.15, -0.1) is 0 Å². The van der Waals surface area contributed by atoms with E-state index in [0.29, 0.717) is 4.99 Å². The first-order valence-electron chi connectivity index (χ1n) is 6.26. The molecule has 3 nitrogen and oxygen atoms in total. The molecule has 0 amide bonds. The summed E-state index contributed by atoms with van der Waals surface area (Å²) in [7, 11) is 4.45. The Kier molecular flexibility index (Phi) is 6.24. The van der Waals surface area contributed by atoms with Crippen molar-refractivity contribution in [2.24, 2.45) is 5.73 Å². The van der Waals surface area contributed by atoms with Gasteiger partial charge in [0.2, 0.25) is 0 Å². The molecular formula is C12H25N3S. The first kappa shape index (κ1) is 13.9. The molecule has 0 bridgehead atoms. The molecule has 1 saturated heterocycles.